The zero-order valence-electron chi connectivity index (χ0n) is 12.1. The summed E-state index contributed by atoms with van der Waals surface area (Å²) < 4.78 is 10.4. The molecular formula is C15H22N2O3. The predicted octanol–water partition coefficient (Wildman–Crippen LogP) is 1.46. The van der Waals surface area contributed by atoms with Crippen molar-refractivity contribution >= 4 is 5.91 Å². The minimum Gasteiger partial charge on any atom is -0.493 e. The van der Waals surface area contributed by atoms with E-state index in [0.717, 1.165) is 31.4 Å². The minimum atomic E-state index is -0.0520. The molecule has 1 saturated heterocycles. The average molecular weight is 278 g/mol. The van der Waals surface area contributed by atoms with Gasteiger partial charge in [-0.05, 0) is 37.1 Å². The SMILES string of the molecule is COc1ccc(CNC(=O)[C@H]2CCCCN2)cc1OC. The van der Waals surface area contributed by atoms with Gasteiger partial charge in [0, 0.05) is 6.54 Å². The van der Waals surface area contributed by atoms with E-state index in [4.69, 9.17) is 9.47 Å². The van der Waals surface area contributed by atoms with Gasteiger partial charge in [-0.3, -0.25) is 4.79 Å². The van der Waals surface area contributed by atoms with Crippen LogP contribution in [-0.4, -0.2) is 32.7 Å². The van der Waals surface area contributed by atoms with Crippen molar-refractivity contribution in [3.8, 4) is 11.5 Å². The Kier molecular flexibility index (Phi) is 5.24. The van der Waals surface area contributed by atoms with Crippen molar-refractivity contribution in [3.05, 3.63) is 23.8 Å². The number of carbonyl (C=O) groups excluding carboxylic acids is 1. The Bertz CT molecular complexity index is 456. The molecule has 0 aromatic heterocycles. The third-order valence-electron chi connectivity index (χ3n) is 3.54. The summed E-state index contributed by atoms with van der Waals surface area (Å²) in [5.74, 6) is 1.44. The van der Waals surface area contributed by atoms with Crippen molar-refractivity contribution in [1.82, 2.24) is 10.6 Å². The lowest BCUT2D eigenvalue weighted by molar-refractivity contribution is -0.123. The van der Waals surface area contributed by atoms with Crippen LogP contribution in [0.25, 0.3) is 0 Å². The van der Waals surface area contributed by atoms with Crippen molar-refractivity contribution in [2.45, 2.75) is 31.8 Å². The second-order valence-corrected chi connectivity index (χ2v) is 4.91. The maximum absolute atomic E-state index is 12.0. The Hall–Kier alpha value is -1.75. The Morgan fingerprint density at radius 2 is 2.10 bits per heavy atom. The zero-order chi connectivity index (χ0) is 14.4. The van der Waals surface area contributed by atoms with Gasteiger partial charge in [0.15, 0.2) is 11.5 Å². The molecule has 1 aliphatic rings. The van der Waals surface area contributed by atoms with Gasteiger partial charge in [-0.15, -0.1) is 0 Å². The number of benzene rings is 1. The van der Waals surface area contributed by atoms with Crippen molar-refractivity contribution < 1.29 is 14.3 Å². The quantitative estimate of drug-likeness (QED) is 0.856. The maximum Gasteiger partial charge on any atom is 0.237 e. The van der Waals surface area contributed by atoms with E-state index >= 15 is 0 Å². The van der Waals surface area contributed by atoms with Gasteiger partial charge in [-0.1, -0.05) is 12.5 Å². The highest BCUT2D eigenvalue weighted by molar-refractivity contribution is 5.81. The fourth-order valence-corrected chi connectivity index (χ4v) is 2.38. The number of hydrogen-bond donors (Lipinski definition) is 2. The summed E-state index contributed by atoms with van der Waals surface area (Å²) in [6.07, 6.45) is 3.18. The van der Waals surface area contributed by atoms with E-state index in [1.165, 1.54) is 0 Å². The van der Waals surface area contributed by atoms with E-state index in [1.54, 1.807) is 14.2 Å². The fourth-order valence-electron chi connectivity index (χ4n) is 2.38. The summed E-state index contributed by atoms with van der Waals surface area (Å²) in [6, 6.07) is 5.60. The highest BCUT2D eigenvalue weighted by Crippen LogP contribution is 2.27. The number of ether oxygens (including phenoxy) is 2. The van der Waals surface area contributed by atoms with E-state index in [0.29, 0.717) is 18.0 Å². The first-order valence-corrected chi connectivity index (χ1v) is 6.96. The Balaban J connectivity index is 1.91. The number of hydrogen-bond acceptors (Lipinski definition) is 4. The highest BCUT2D eigenvalue weighted by atomic mass is 16.5. The van der Waals surface area contributed by atoms with Crippen LogP contribution in [0.2, 0.25) is 0 Å². The molecule has 1 atom stereocenters. The molecular weight excluding hydrogens is 256 g/mol. The number of nitrogens with one attached hydrogen (secondary N) is 2. The number of rotatable bonds is 5. The van der Waals surface area contributed by atoms with Crippen LogP contribution in [0.3, 0.4) is 0 Å². The maximum atomic E-state index is 12.0. The molecule has 5 nitrogen and oxygen atoms in total. The van der Waals surface area contributed by atoms with Crippen molar-refractivity contribution in [2.24, 2.45) is 0 Å². The molecule has 0 bridgehead atoms. The second-order valence-electron chi connectivity index (χ2n) is 4.91. The number of carbonyl (C=O) groups is 1. The topological polar surface area (TPSA) is 59.6 Å². The molecule has 0 saturated carbocycles. The molecule has 20 heavy (non-hydrogen) atoms. The first kappa shape index (κ1) is 14.7. The predicted molar refractivity (Wildman–Crippen MR) is 77.0 cm³/mol. The molecule has 0 radical (unpaired) electrons. The van der Waals surface area contributed by atoms with Crippen molar-refractivity contribution in [1.29, 1.82) is 0 Å². The summed E-state index contributed by atoms with van der Waals surface area (Å²) in [5.41, 5.74) is 0.992. The monoisotopic (exact) mass is 278 g/mol. The molecule has 1 amide bonds. The van der Waals surface area contributed by atoms with Crippen LogP contribution in [0, 0.1) is 0 Å². The van der Waals surface area contributed by atoms with Gasteiger partial charge in [0.2, 0.25) is 5.91 Å². The molecule has 110 valence electrons. The molecule has 1 aliphatic heterocycles. The van der Waals surface area contributed by atoms with Crippen molar-refractivity contribution in [3.63, 3.8) is 0 Å². The molecule has 1 heterocycles. The van der Waals surface area contributed by atoms with Gasteiger partial charge in [-0.2, -0.15) is 0 Å². The van der Waals surface area contributed by atoms with E-state index in [1.807, 2.05) is 18.2 Å². The van der Waals surface area contributed by atoms with Crippen LogP contribution in [0.4, 0.5) is 0 Å². The van der Waals surface area contributed by atoms with Gasteiger partial charge in [0.25, 0.3) is 0 Å². The first-order chi connectivity index (χ1) is 9.74. The minimum absolute atomic E-state index is 0.0520. The van der Waals surface area contributed by atoms with Crippen LogP contribution in [0.5, 0.6) is 11.5 Å². The summed E-state index contributed by atoms with van der Waals surface area (Å²) in [5, 5.41) is 6.20. The molecule has 2 N–H and O–H groups in total. The number of piperidine rings is 1. The molecule has 5 heteroatoms. The fraction of sp³-hybridized carbons (Fsp3) is 0.533. The van der Waals surface area contributed by atoms with Gasteiger partial charge in [0.05, 0.1) is 20.3 Å². The van der Waals surface area contributed by atoms with Crippen LogP contribution < -0.4 is 20.1 Å². The third kappa shape index (κ3) is 3.63. The first-order valence-electron chi connectivity index (χ1n) is 6.96. The summed E-state index contributed by atoms with van der Waals surface area (Å²) >= 11 is 0. The van der Waals surface area contributed by atoms with Crippen LogP contribution in [-0.2, 0) is 11.3 Å². The Morgan fingerprint density at radius 3 is 2.75 bits per heavy atom. The number of methoxy groups -OCH3 is 2. The molecule has 0 aliphatic carbocycles. The second kappa shape index (κ2) is 7.14. The molecule has 1 aromatic rings. The summed E-state index contributed by atoms with van der Waals surface area (Å²) in [7, 11) is 3.21. The third-order valence-corrected chi connectivity index (χ3v) is 3.54. The standard InChI is InChI=1S/C15H22N2O3/c1-19-13-7-6-11(9-14(13)20-2)10-17-15(18)12-5-3-4-8-16-12/h6-7,9,12,16H,3-5,8,10H2,1-2H3,(H,17,18)/t12-/m1/s1. The van der Waals surface area contributed by atoms with E-state index in [2.05, 4.69) is 10.6 Å². The normalized spacial score (nSPS) is 18.4. The largest absolute Gasteiger partial charge is 0.493 e. The van der Waals surface area contributed by atoms with Gasteiger partial charge in [-0.25, -0.2) is 0 Å². The molecule has 0 spiro atoms. The van der Waals surface area contributed by atoms with E-state index < -0.39 is 0 Å². The van der Waals surface area contributed by atoms with Gasteiger partial charge < -0.3 is 20.1 Å². The number of amides is 1. The summed E-state index contributed by atoms with van der Waals surface area (Å²) in [4.78, 5) is 12.0. The molecule has 1 fully saturated rings. The average Bonchev–Trinajstić information content (AvgIpc) is 2.53. The lowest BCUT2D eigenvalue weighted by atomic mass is 10.0. The van der Waals surface area contributed by atoms with E-state index in [9.17, 15) is 4.79 Å². The summed E-state index contributed by atoms with van der Waals surface area (Å²) in [6.45, 7) is 1.42. The molecule has 1 aromatic carbocycles. The van der Waals surface area contributed by atoms with Crippen molar-refractivity contribution in [2.75, 3.05) is 20.8 Å². The van der Waals surface area contributed by atoms with Crippen LogP contribution in [0.1, 0.15) is 24.8 Å². The van der Waals surface area contributed by atoms with E-state index in [-0.39, 0.29) is 11.9 Å². The Morgan fingerprint density at radius 1 is 1.30 bits per heavy atom. The van der Waals surface area contributed by atoms with Gasteiger partial charge in [0.1, 0.15) is 0 Å². The zero-order valence-corrected chi connectivity index (χ0v) is 12.1. The molecule has 0 unspecified atom stereocenters. The van der Waals surface area contributed by atoms with Gasteiger partial charge >= 0.3 is 0 Å². The molecule has 2 rings (SSSR count). The van der Waals surface area contributed by atoms with Crippen LogP contribution in [0.15, 0.2) is 18.2 Å². The lowest BCUT2D eigenvalue weighted by Gasteiger charge is -2.22. The highest BCUT2D eigenvalue weighted by Gasteiger charge is 2.19. The Labute approximate surface area is 119 Å². The lowest BCUT2D eigenvalue weighted by Crippen LogP contribution is -2.46. The smallest absolute Gasteiger partial charge is 0.237 e. The van der Waals surface area contributed by atoms with Crippen LogP contribution >= 0.6 is 0 Å².